The number of carboxylic acids is 1. The Kier molecular flexibility index (Phi) is 3.17. The second-order valence-corrected chi connectivity index (χ2v) is 2.64. The molecule has 1 rings (SSSR count). The van der Waals surface area contributed by atoms with Crippen molar-refractivity contribution >= 4 is 17.9 Å². The van der Waals surface area contributed by atoms with Crippen LogP contribution in [0.4, 0.5) is 10.2 Å². The Hall–Kier alpha value is -1.91. The van der Waals surface area contributed by atoms with Crippen LogP contribution in [0.5, 0.6) is 0 Å². The highest BCUT2D eigenvalue weighted by atomic mass is 19.1. The second kappa shape index (κ2) is 4.36. The van der Waals surface area contributed by atoms with Crippen LogP contribution in [-0.4, -0.2) is 16.1 Å². The molecular formula is C9H9FN2O2. The highest BCUT2D eigenvalue weighted by molar-refractivity contribution is 5.70. The van der Waals surface area contributed by atoms with E-state index in [2.05, 4.69) is 4.98 Å². The fourth-order valence-corrected chi connectivity index (χ4v) is 0.850. The van der Waals surface area contributed by atoms with Crippen molar-refractivity contribution in [2.75, 3.05) is 5.73 Å². The molecule has 74 valence electrons. The van der Waals surface area contributed by atoms with Crippen LogP contribution in [0.2, 0.25) is 0 Å². The fraction of sp³-hybridized carbons (Fsp3) is 0.111. The minimum absolute atomic E-state index is 0.105. The number of carbonyl (C=O) groups is 1. The predicted octanol–water partition coefficient (Wildman–Crippen LogP) is 1.29. The SMILES string of the molecule is Nc1ncc(C=CCC(=O)O)cc1F. The number of rotatable bonds is 3. The van der Waals surface area contributed by atoms with E-state index in [0.717, 1.165) is 0 Å². The maximum absolute atomic E-state index is 12.8. The molecule has 1 aromatic rings. The molecule has 5 heteroatoms. The Bertz CT molecular complexity index is 377. The van der Waals surface area contributed by atoms with E-state index in [1.165, 1.54) is 24.4 Å². The van der Waals surface area contributed by atoms with Crippen molar-refractivity contribution in [3.05, 3.63) is 29.7 Å². The predicted molar refractivity (Wildman–Crippen MR) is 49.9 cm³/mol. The average molecular weight is 196 g/mol. The summed E-state index contributed by atoms with van der Waals surface area (Å²) >= 11 is 0. The van der Waals surface area contributed by atoms with Gasteiger partial charge in [-0.3, -0.25) is 4.79 Å². The number of nitrogens with zero attached hydrogens (tertiary/aromatic N) is 1. The van der Waals surface area contributed by atoms with Gasteiger partial charge in [0.05, 0.1) is 6.42 Å². The van der Waals surface area contributed by atoms with Crippen LogP contribution >= 0.6 is 0 Å². The van der Waals surface area contributed by atoms with Crippen molar-refractivity contribution in [3.8, 4) is 0 Å². The van der Waals surface area contributed by atoms with Gasteiger partial charge in [0, 0.05) is 6.20 Å². The number of carboxylic acid groups (broad SMARTS) is 1. The summed E-state index contributed by atoms with van der Waals surface area (Å²) in [7, 11) is 0. The minimum Gasteiger partial charge on any atom is -0.481 e. The van der Waals surface area contributed by atoms with E-state index in [-0.39, 0.29) is 12.2 Å². The number of pyridine rings is 1. The first-order valence-electron chi connectivity index (χ1n) is 3.89. The molecule has 4 nitrogen and oxygen atoms in total. The lowest BCUT2D eigenvalue weighted by Gasteiger charge is -1.96. The van der Waals surface area contributed by atoms with Crippen molar-refractivity contribution < 1.29 is 14.3 Å². The van der Waals surface area contributed by atoms with Crippen molar-refractivity contribution in [2.45, 2.75) is 6.42 Å². The third-order valence-corrected chi connectivity index (χ3v) is 1.49. The topological polar surface area (TPSA) is 76.2 Å². The molecule has 0 unspecified atom stereocenters. The van der Waals surface area contributed by atoms with E-state index in [0.29, 0.717) is 5.56 Å². The molecule has 1 heterocycles. The fourth-order valence-electron chi connectivity index (χ4n) is 0.850. The van der Waals surface area contributed by atoms with Gasteiger partial charge >= 0.3 is 5.97 Å². The maximum atomic E-state index is 12.8. The molecule has 0 bridgehead atoms. The Morgan fingerprint density at radius 2 is 2.43 bits per heavy atom. The third kappa shape index (κ3) is 2.85. The summed E-state index contributed by atoms with van der Waals surface area (Å²) in [6.07, 6.45) is 4.15. The van der Waals surface area contributed by atoms with Crippen molar-refractivity contribution in [2.24, 2.45) is 0 Å². The summed E-state index contributed by atoms with van der Waals surface area (Å²) in [5.74, 6) is -1.71. The van der Waals surface area contributed by atoms with Gasteiger partial charge in [-0.15, -0.1) is 0 Å². The van der Waals surface area contributed by atoms with Gasteiger partial charge in [-0.2, -0.15) is 0 Å². The minimum atomic E-state index is -0.940. The Morgan fingerprint density at radius 1 is 1.71 bits per heavy atom. The van der Waals surface area contributed by atoms with Gasteiger partial charge < -0.3 is 10.8 Å². The standard InChI is InChI=1S/C9H9FN2O2/c10-7-4-6(5-12-9(7)11)2-1-3-8(13)14/h1-2,4-5H,3H2,(H2,11,12)(H,13,14). The molecule has 1 aromatic heterocycles. The van der Waals surface area contributed by atoms with Crippen LogP contribution in [0.1, 0.15) is 12.0 Å². The maximum Gasteiger partial charge on any atom is 0.307 e. The Balaban J connectivity index is 2.73. The quantitative estimate of drug-likeness (QED) is 0.763. The summed E-state index contributed by atoms with van der Waals surface area (Å²) in [5, 5.41) is 8.33. The first kappa shape index (κ1) is 10.2. The van der Waals surface area contributed by atoms with E-state index in [1.54, 1.807) is 0 Å². The Labute approximate surface area is 79.9 Å². The lowest BCUT2D eigenvalue weighted by atomic mass is 10.2. The van der Waals surface area contributed by atoms with E-state index in [9.17, 15) is 9.18 Å². The van der Waals surface area contributed by atoms with Gasteiger partial charge in [0.2, 0.25) is 0 Å². The number of aliphatic carboxylic acids is 1. The lowest BCUT2D eigenvalue weighted by Crippen LogP contribution is -1.94. The smallest absolute Gasteiger partial charge is 0.307 e. The van der Waals surface area contributed by atoms with E-state index in [1.807, 2.05) is 0 Å². The van der Waals surface area contributed by atoms with Crippen LogP contribution < -0.4 is 5.73 Å². The van der Waals surface area contributed by atoms with E-state index < -0.39 is 11.8 Å². The summed E-state index contributed by atoms with van der Waals surface area (Å²) in [5.41, 5.74) is 5.65. The van der Waals surface area contributed by atoms with Crippen LogP contribution in [-0.2, 0) is 4.79 Å². The number of aromatic nitrogens is 1. The van der Waals surface area contributed by atoms with Crippen LogP contribution in [0.3, 0.4) is 0 Å². The first-order valence-corrected chi connectivity index (χ1v) is 3.89. The largest absolute Gasteiger partial charge is 0.481 e. The van der Waals surface area contributed by atoms with E-state index >= 15 is 0 Å². The summed E-state index contributed by atoms with van der Waals surface area (Å²) in [4.78, 5) is 13.7. The molecule has 0 saturated heterocycles. The number of hydrogen-bond acceptors (Lipinski definition) is 3. The number of nitrogen functional groups attached to an aromatic ring is 1. The molecular weight excluding hydrogens is 187 g/mol. The van der Waals surface area contributed by atoms with E-state index in [4.69, 9.17) is 10.8 Å². The zero-order valence-electron chi connectivity index (χ0n) is 7.27. The highest BCUT2D eigenvalue weighted by Crippen LogP contribution is 2.09. The monoisotopic (exact) mass is 196 g/mol. The zero-order valence-corrected chi connectivity index (χ0v) is 7.27. The molecule has 0 amide bonds. The highest BCUT2D eigenvalue weighted by Gasteiger charge is 1.98. The lowest BCUT2D eigenvalue weighted by molar-refractivity contribution is -0.135. The second-order valence-electron chi connectivity index (χ2n) is 2.64. The van der Waals surface area contributed by atoms with Crippen molar-refractivity contribution in [3.63, 3.8) is 0 Å². The number of nitrogens with two attached hydrogens (primary N) is 1. The molecule has 14 heavy (non-hydrogen) atoms. The number of halogens is 1. The Morgan fingerprint density at radius 3 is 3.00 bits per heavy atom. The van der Waals surface area contributed by atoms with Gasteiger partial charge in [0.25, 0.3) is 0 Å². The van der Waals surface area contributed by atoms with Gasteiger partial charge in [-0.05, 0) is 11.6 Å². The van der Waals surface area contributed by atoms with Crippen LogP contribution in [0, 0.1) is 5.82 Å². The summed E-state index contributed by atoms with van der Waals surface area (Å²) < 4.78 is 12.8. The molecule has 0 saturated carbocycles. The molecule has 0 fully saturated rings. The molecule has 0 aliphatic heterocycles. The number of anilines is 1. The summed E-state index contributed by atoms with van der Waals surface area (Å²) in [6.45, 7) is 0. The van der Waals surface area contributed by atoms with Gasteiger partial charge in [-0.1, -0.05) is 12.2 Å². The average Bonchev–Trinajstić information content (AvgIpc) is 2.10. The van der Waals surface area contributed by atoms with Crippen molar-refractivity contribution in [1.82, 2.24) is 4.98 Å². The van der Waals surface area contributed by atoms with Crippen molar-refractivity contribution in [1.29, 1.82) is 0 Å². The number of hydrogen-bond donors (Lipinski definition) is 2. The zero-order chi connectivity index (χ0) is 10.6. The molecule has 3 N–H and O–H groups in total. The third-order valence-electron chi connectivity index (χ3n) is 1.49. The van der Waals surface area contributed by atoms with Gasteiger partial charge in [0.15, 0.2) is 11.6 Å². The molecule has 0 radical (unpaired) electrons. The summed E-state index contributed by atoms with van der Waals surface area (Å²) in [6, 6.07) is 1.20. The van der Waals surface area contributed by atoms with Gasteiger partial charge in [0.1, 0.15) is 0 Å². The van der Waals surface area contributed by atoms with Crippen LogP contribution in [0.15, 0.2) is 18.3 Å². The normalized spacial score (nSPS) is 10.6. The molecule has 0 spiro atoms. The molecule has 0 aliphatic rings. The molecule has 0 atom stereocenters. The molecule has 0 aromatic carbocycles. The van der Waals surface area contributed by atoms with Gasteiger partial charge in [-0.25, -0.2) is 9.37 Å². The first-order chi connectivity index (χ1) is 6.59. The molecule has 0 aliphatic carbocycles. The van der Waals surface area contributed by atoms with Crippen LogP contribution in [0.25, 0.3) is 6.08 Å².